The molecule has 3 N–H and O–H groups in total. The zero-order chi connectivity index (χ0) is 21.4. The molecule has 2 aliphatic heterocycles. The predicted molar refractivity (Wildman–Crippen MR) is 127 cm³/mol. The van der Waals surface area contributed by atoms with Crippen molar-refractivity contribution < 1.29 is 9.90 Å². The molecule has 31 heavy (non-hydrogen) atoms. The lowest BCUT2D eigenvalue weighted by atomic mass is 9.75. The number of aliphatic imine (C=N–C) groups is 1. The molecule has 1 unspecified atom stereocenters. The van der Waals surface area contributed by atoms with E-state index in [2.05, 4.69) is 77.9 Å². The van der Waals surface area contributed by atoms with E-state index >= 15 is 0 Å². The van der Waals surface area contributed by atoms with Crippen molar-refractivity contribution in [2.75, 3.05) is 0 Å². The van der Waals surface area contributed by atoms with Crippen LogP contribution in [0.3, 0.4) is 0 Å². The smallest absolute Gasteiger partial charge is 0.404 e. The van der Waals surface area contributed by atoms with Crippen molar-refractivity contribution >= 4 is 38.0 Å². The molecule has 3 heterocycles. The third-order valence-electron chi connectivity index (χ3n) is 6.55. The van der Waals surface area contributed by atoms with Gasteiger partial charge in [-0.1, -0.05) is 12.2 Å². The molecule has 0 radical (unpaired) electrons. The summed E-state index contributed by atoms with van der Waals surface area (Å²) in [6.45, 7) is 0. The van der Waals surface area contributed by atoms with Gasteiger partial charge in [0, 0.05) is 36.5 Å². The minimum atomic E-state index is -0.931. The average Bonchev–Trinajstić information content (AvgIpc) is 3.36. The fourth-order valence-corrected chi connectivity index (χ4v) is 6.38. The van der Waals surface area contributed by atoms with E-state index in [-0.39, 0.29) is 11.6 Å². The number of rotatable bonds is 5. The van der Waals surface area contributed by atoms with Gasteiger partial charge in [-0.3, -0.25) is 5.01 Å². The molecule has 0 saturated heterocycles. The van der Waals surface area contributed by atoms with Crippen molar-refractivity contribution in [1.29, 1.82) is 0 Å². The van der Waals surface area contributed by atoms with Crippen LogP contribution in [0.15, 0.2) is 69.2 Å². The largest absolute Gasteiger partial charge is 0.465 e. The normalized spacial score (nSPS) is 29.4. The summed E-state index contributed by atoms with van der Waals surface area (Å²) in [5.74, 6) is 0. The van der Waals surface area contributed by atoms with Gasteiger partial charge in [0.1, 0.15) is 10.2 Å². The number of amides is 1. The van der Waals surface area contributed by atoms with Gasteiger partial charge in [-0.15, -0.1) is 0 Å². The van der Waals surface area contributed by atoms with E-state index in [9.17, 15) is 4.79 Å². The Morgan fingerprint density at radius 1 is 1.26 bits per heavy atom. The summed E-state index contributed by atoms with van der Waals surface area (Å²) >= 11 is 5.42. The Balaban J connectivity index is 1.41. The molecule has 8 heteroatoms. The first-order chi connectivity index (χ1) is 15.1. The average molecular weight is 501 g/mol. The molecule has 1 atom stereocenters. The summed E-state index contributed by atoms with van der Waals surface area (Å²) in [6.07, 6.45) is 15.4. The van der Waals surface area contributed by atoms with Crippen molar-refractivity contribution in [3.8, 4) is 0 Å². The van der Waals surface area contributed by atoms with Gasteiger partial charge in [0.15, 0.2) is 0 Å². The van der Waals surface area contributed by atoms with Crippen molar-refractivity contribution in [3.63, 3.8) is 0 Å². The van der Waals surface area contributed by atoms with Crippen molar-refractivity contribution in [2.24, 2.45) is 4.99 Å². The Morgan fingerprint density at radius 3 is 2.77 bits per heavy atom. The van der Waals surface area contributed by atoms with Crippen LogP contribution in [0.25, 0.3) is 0 Å². The highest BCUT2D eigenvalue weighted by molar-refractivity contribution is 9.18. The maximum atomic E-state index is 11.0. The zero-order valence-corrected chi connectivity index (χ0v) is 19.5. The summed E-state index contributed by atoms with van der Waals surface area (Å²) in [5.41, 5.74) is 8.56. The first-order valence-corrected chi connectivity index (χ1v) is 12.4. The number of nitrogens with zero attached hydrogens (tertiary/aromatic N) is 2. The molecule has 1 aromatic rings. The molecule has 0 bridgehead atoms. The highest BCUT2D eigenvalue weighted by atomic mass is 79.9. The Labute approximate surface area is 194 Å². The summed E-state index contributed by atoms with van der Waals surface area (Å²) in [5, 5.41) is 18.3. The lowest BCUT2D eigenvalue weighted by Crippen LogP contribution is -2.57. The quantitative estimate of drug-likeness (QED) is 0.537. The van der Waals surface area contributed by atoms with E-state index in [1.807, 2.05) is 6.20 Å². The number of thiophene rings is 1. The third-order valence-corrected chi connectivity index (χ3v) is 7.92. The van der Waals surface area contributed by atoms with Crippen molar-refractivity contribution in [3.05, 3.63) is 69.7 Å². The van der Waals surface area contributed by atoms with Gasteiger partial charge in [0.2, 0.25) is 0 Å². The lowest BCUT2D eigenvalue weighted by molar-refractivity contribution is 0.142. The SMILES string of the molecule is O=C(O)NC1CCC(NN2C=C(Cc3ccsc3)C3=CCC=C4C(Br)=NC=CC342)CC1. The molecule has 6 nitrogen and oxygen atoms in total. The molecular weight excluding hydrogens is 476 g/mol. The molecule has 0 aromatic carbocycles. The Bertz CT molecular complexity index is 1020. The monoisotopic (exact) mass is 500 g/mol. The molecular formula is C23H25BrN4O2S. The lowest BCUT2D eigenvalue weighted by Gasteiger charge is -2.45. The first-order valence-electron chi connectivity index (χ1n) is 10.7. The summed E-state index contributed by atoms with van der Waals surface area (Å²) < 4.78 is 0.881. The second-order valence-electron chi connectivity index (χ2n) is 8.43. The van der Waals surface area contributed by atoms with Crippen LogP contribution in [0, 0.1) is 0 Å². The van der Waals surface area contributed by atoms with Gasteiger partial charge in [0.25, 0.3) is 0 Å². The number of allylic oxidation sites excluding steroid dienone is 2. The fraction of sp³-hybridized carbons (Fsp3) is 0.391. The first kappa shape index (κ1) is 20.7. The second kappa shape index (κ2) is 8.41. The molecule has 1 fully saturated rings. The van der Waals surface area contributed by atoms with Crippen LogP contribution in [0.5, 0.6) is 0 Å². The number of nitrogens with one attached hydrogen (secondary N) is 2. The minimum absolute atomic E-state index is 0.0495. The number of carbonyl (C=O) groups is 1. The molecule has 1 saturated carbocycles. The van der Waals surface area contributed by atoms with Crippen LogP contribution in [-0.4, -0.2) is 38.5 Å². The number of hydrogen-bond donors (Lipinski definition) is 3. The topological polar surface area (TPSA) is 77.0 Å². The van der Waals surface area contributed by atoms with Gasteiger partial charge >= 0.3 is 6.09 Å². The summed E-state index contributed by atoms with van der Waals surface area (Å²) in [4.78, 5) is 15.5. The second-order valence-corrected chi connectivity index (χ2v) is 9.96. The number of carboxylic acid groups (broad SMARTS) is 1. The highest BCUT2D eigenvalue weighted by Crippen LogP contribution is 2.49. The number of halogens is 1. The molecule has 5 rings (SSSR count). The fourth-order valence-electron chi connectivity index (χ4n) is 5.13. The number of hydrogen-bond acceptors (Lipinski definition) is 5. The van der Waals surface area contributed by atoms with E-state index in [0.29, 0.717) is 6.04 Å². The van der Waals surface area contributed by atoms with E-state index < -0.39 is 6.09 Å². The van der Waals surface area contributed by atoms with Gasteiger partial charge in [-0.2, -0.15) is 11.3 Å². The Morgan fingerprint density at radius 2 is 2.03 bits per heavy atom. The van der Waals surface area contributed by atoms with Crippen LogP contribution in [0.1, 0.15) is 37.7 Å². The van der Waals surface area contributed by atoms with E-state index in [0.717, 1.165) is 43.1 Å². The third kappa shape index (κ3) is 3.81. The maximum absolute atomic E-state index is 11.0. The predicted octanol–water partition coefficient (Wildman–Crippen LogP) is 4.89. The van der Waals surface area contributed by atoms with E-state index in [1.165, 1.54) is 22.3 Å². The highest BCUT2D eigenvalue weighted by Gasteiger charge is 2.50. The standard InChI is InChI=1S/C23H25BrN4O2S/c24-21-20-3-1-2-19-16(12-15-8-11-31-14-15)13-28(23(19,20)9-10-25-21)27-18-6-4-17(5-7-18)26-22(29)30/h2-3,8-11,13-14,17-18,26-27H,1,4-7,12H2,(H,29,30). The molecule has 1 aromatic heterocycles. The van der Waals surface area contributed by atoms with E-state index in [4.69, 9.17) is 5.11 Å². The molecule has 4 aliphatic rings. The minimum Gasteiger partial charge on any atom is -0.465 e. The molecule has 1 spiro atoms. The van der Waals surface area contributed by atoms with Crippen LogP contribution in [0.2, 0.25) is 0 Å². The summed E-state index contributed by atoms with van der Waals surface area (Å²) in [6, 6.07) is 2.54. The molecule has 1 amide bonds. The van der Waals surface area contributed by atoms with Gasteiger partial charge in [-0.05, 0) is 87.6 Å². The van der Waals surface area contributed by atoms with Crippen LogP contribution in [0.4, 0.5) is 4.79 Å². The Hall–Kier alpha value is -2.16. The van der Waals surface area contributed by atoms with Crippen molar-refractivity contribution in [2.45, 2.75) is 56.1 Å². The number of hydrazine groups is 1. The maximum Gasteiger partial charge on any atom is 0.404 e. The van der Waals surface area contributed by atoms with Gasteiger partial charge in [0.05, 0.1) is 0 Å². The van der Waals surface area contributed by atoms with Crippen LogP contribution in [-0.2, 0) is 6.42 Å². The zero-order valence-electron chi connectivity index (χ0n) is 17.1. The molecule has 162 valence electrons. The van der Waals surface area contributed by atoms with Gasteiger partial charge < -0.3 is 10.4 Å². The molecule has 2 aliphatic carbocycles. The van der Waals surface area contributed by atoms with Crippen molar-refractivity contribution in [1.82, 2.24) is 15.8 Å². The Kier molecular flexibility index (Phi) is 5.62. The summed E-state index contributed by atoms with van der Waals surface area (Å²) in [7, 11) is 0. The van der Waals surface area contributed by atoms with Gasteiger partial charge in [-0.25, -0.2) is 15.2 Å². The van der Waals surface area contributed by atoms with Crippen LogP contribution >= 0.6 is 27.3 Å². The van der Waals surface area contributed by atoms with Crippen LogP contribution < -0.4 is 10.7 Å². The van der Waals surface area contributed by atoms with E-state index in [1.54, 1.807) is 11.3 Å².